The molecule has 0 spiro atoms. The van der Waals surface area contributed by atoms with Crippen LogP contribution < -0.4 is 5.32 Å². The van der Waals surface area contributed by atoms with Gasteiger partial charge in [-0.25, -0.2) is 4.98 Å². The summed E-state index contributed by atoms with van der Waals surface area (Å²) in [5.41, 5.74) is 2.57. The van der Waals surface area contributed by atoms with Crippen molar-refractivity contribution in [3.05, 3.63) is 52.0 Å². The minimum Gasteiger partial charge on any atom is -0.352 e. The summed E-state index contributed by atoms with van der Waals surface area (Å²) in [6.45, 7) is 2.61. The van der Waals surface area contributed by atoms with Gasteiger partial charge in [0.15, 0.2) is 0 Å². The first-order chi connectivity index (χ1) is 10.1. The van der Waals surface area contributed by atoms with Crippen molar-refractivity contribution in [1.82, 2.24) is 14.9 Å². The zero-order valence-electron chi connectivity index (χ0n) is 12.1. The highest BCUT2D eigenvalue weighted by atomic mass is 32.1. The maximum Gasteiger partial charge on any atom is 0.251 e. The van der Waals surface area contributed by atoms with E-state index in [0.717, 1.165) is 23.3 Å². The monoisotopic (exact) mass is 299 g/mol. The predicted octanol–water partition coefficient (Wildman–Crippen LogP) is 2.92. The lowest BCUT2D eigenvalue weighted by Crippen LogP contribution is -2.25. The fourth-order valence-corrected chi connectivity index (χ4v) is 3.03. The number of nitrogens with one attached hydrogen (secondary N) is 1. The van der Waals surface area contributed by atoms with Gasteiger partial charge in [-0.1, -0.05) is 6.07 Å². The number of fused-ring (bicyclic) bond motifs is 1. The average molecular weight is 299 g/mol. The third kappa shape index (κ3) is 2.83. The van der Waals surface area contributed by atoms with Gasteiger partial charge >= 0.3 is 0 Å². The Morgan fingerprint density at radius 3 is 3.00 bits per heavy atom. The predicted molar refractivity (Wildman–Crippen MR) is 85.8 cm³/mol. The van der Waals surface area contributed by atoms with Crippen molar-refractivity contribution in [2.75, 3.05) is 6.54 Å². The van der Waals surface area contributed by atoms with Crippen LogP contribution in [-0.4, -0.2) is 22.0 Å². The van der Waals surface area contributed by atoms with E-state index < -0.39 is 0 Å². The molecule has 0 unspecified atom stereocenters. The van der Waals surface area contributed by atoms with Gasteiger partial charge < -0.3 is 9.88 Å². The minimum absolute atomic E-state index is 0.0447. The molecule has 0 aliphatic carbocycles. The number of hydrogen-bond acceptors (Lipinski definition) is 3. The van der Waals surface area contributed by atoms with E-state index in [2.05, 4.69) is 21.7 Å². The van der Waals surface area contributed by atoms with Gasteiger partial charge in [-0.05, 0) is 43.0 Å². The number of carbonyl (C=O) groups is 1. The molecule has 1 N–H and O–H groups in total. The average Bonchev–Trinajstić information content (AvgIpc) is 3.08. The molecule has 0 aliphatic heterocycles. The quantitative estimate of drug-likeness (QED) is 0.805. The summed E-state index contributed by atoms with van der Waals surface area (Å²) < 4.78 is 2.02. The van der Waals surface area contributed by atoms with Crippen LogP contribution in [0.25, 0.3) is 11.0 Å². The van der Waals surface area contributed by atoms with Crippen molar-refractivity contribution in [2.24, 2.45) is 7.05 Å². The number of carbonyl (C=O) groups excluding carboxylic acids is 1. The van der Waals surface area contributed by atoms with E-state index in [-0.39, 0.29) is 5.91 Å². The van der Waals surface area contributed by atoms with Gasteiger partial charge in [-0.2, -0.15) is 0 Å². The Hall–Kier alpha value is -2.14. The van der Waals surface area contributed by atoms with Crippen LogP contribution in [0.15, 0.2) is 35.7 Å². The van der Waals surface area contributed by atoms with Gasteiger partial charge in [0, 0.05) is 24.0 Å². The molecule has 0 radical (unpaired) electrons. The molecule has 2 heterocycles. The fourth-order valence-electron chi connectivity index (χ4n) is 2.32. The van der Waals surface area contributed by atoms with E-state index >= 15 is 0 Å². The maximum atomic E-state index is 12.2. The highest BCUT2D eigenvalue weighted by Gasteiger charge is 2.09. The lowest BCUT2D eigenvalue weighted by molar-refractivity contribution is 0.0954. The van der Waals surface area contributed by atoms with E-state index in [1.54, 1.807) is 11.3 Å². The van der Waals surface area contributed by atoms with E-state index in [0.29, 0.717) is 12.1 Å². The molecule has 3 rings (SSSR count). The Labute approximate surface area is 127 Å². The van der Waals surface area contributed by atoms with Gasteiger partial charge in [-0.15, -0.1) is 11.3 Å². The molecule has 5 heteroatoms. The molecule has 3 aromatic rings. The second kappa shape index (κ2) is 5.69. The number of aryl methyl sites for hydroxylation is 2. The molecular formula is C16H17N3OS. The van der Waals surface area contributed by atoms with Crippen molar-refractivity contribution in [3.63, 3.8) is 0 Å². The molecule has 0 bridgehead atoms. The van der Waals surface area contributed by atoms with Crippen LogP contribution in [0.3, 0.4) is 0 Å². The first-order valence-corrected chi connectivity index (χ1v) is 7.77. The van der Waals surface area contributed by atoms with Gasteiger partial charge in [0.2, 0.25) is 0 Å². The van der Waals surface area contributed by atoms with Crippen molar-refractivity contribution >= 4 is 28.3 Å². The number of hydrogen-bond donors (Lipinski definition) is 1. The molecule has 1 aromatic carbocycles. The minimum atomic E-state index is -0.0447. The summed E-state index contributed by atoms with van der Waals surface area (Å²) >= 11 is 1.71. The van der Waals surface area contributed by atoms with Crippen molar-refractivity contribution in [3.8, 4) is 0 Å². The van der Waals surface area contributed by atoms with Crippen LogP contribution in [0.4, 0.5) is 0 Å². The van der Waals surface area contributed by atoms with E-state index in [9.17, 15) is 4.79 Å². The third-order valence-electron chi connectivity index (χ3n) is 3.60. The van der Waals surface area contributed by atoms with Crippen molar-refractivity contribution in [1.29, 1.82) is 0 Å². The molecule has 2 aromatic heterocycles. The number of amides is 1. The van der Waals surface area contributed by atoms with Crippen LogP contribution in [0, 0.1) is 6.92 Å². The van der Waals surface area contributed by atoms with Crippen LogP contribution in [0.1, 0.15) is 21.1 Å². The second-order valence-corrected chi connectivity index (χ2v) is 6.04. The summed E-state index contributed by atoms with van der Waals surface area (Å²) in [7, 11) is 1.98. The molecule has 0 atom stereocenters. The maximum absolute atomic E-state index is 12.2. The molecular weight excluding hydrogens is 282 g/mol. The van der Waals surface area contributed by atoms with E-state index in [4.69, 9.17) is 0 Å². The Morgan fingerprint density at radius 2 is 2.24 bits per heavy atom. The van der Waals surface area contributed by atoms with Crippen molar-refractivity contribution < 1.29 is 4.79 Å². The molecule has 0 fully saturated rings. The Balaban J connectivity index is 1.69. The SMILES string of the molecule is Cc1nc2cc(C(=O)NCCc3cccs3)ccc2n1C. The molecule has 0 aliphatic rings. The van der Waals surface area contributed by atoms with Gasteiger partial charge in [0.1, 0.15) is 5.82 Å². The van der Waals surface area contributed by atoms with Gasteiger partial charge in [-0.3, -0.25) is 4.79 Å². The topological polar surface area (TPSA) is 46.9 Å². The van der Waals surface area contributed by atoms with Crippen LogP contribution in [0.2, 0.25) is 0 Å². The lowest BCUT2D eigenvalue weighted by atomic mass is 10.2. The normalized spacial score (nSPS) is 11.0. The standard InChI is InChI=1S/C16H17N3OS/c1-11-18-14-10-12(5-6-15(14)19(11)2)16(20)17-8-7-13-4-3-9-21-13/h3-6,9-10H,7-8H2,1-2H3,(H,17,20). The highest BCUT2D eigenvalue weighted by molar-refractivity contribution is 7.09. The zero-order chi connectivity index (χ0) is 14.8. The fraction of sp³-hybridized carbons (Fsp3) is 0.250. The van der Waals surface area contributed by atoms with Gasteiger partial charge in [0.25, 0.3) is 5.91 Å². The molecule has 0 saturated heterocycles. The Bertz CT molecular complexity index is 774. The first kappa shape index (κ1) is 13.8. The number of benzene rings is 1. The van der Waals surface area contributed by atoms with Gasteiger partial charge in [0.05, 0.1) is 11.0 Å². The number of thiophene rings is 1. The molecule has 0 saturated carbocycles. The molecule has 21 heavy (non-hydrogen) atoms. The van der Waals surface area contributed by atoms with E-state index in [1.165, 1.54) is 4.88 Å². The summed E-state index contributed by atoms with van der Waals surface area (Å²) in [5.74, 6) is 0.900. The van der Waals surface area contributed by atoms with Crippen LogP contribution >= 0.6 is 11.3 Å². The number of imidazole rings is 1. The summed E-state index contributed by atoms with van der Waals surface area (Å²) in [6.07, 6.45) is 0.869. The summed E-state index contributed by atoms with van der Waals surface area (Å²) in [6, 6.07) is 9.76. The van der Waals surface area contributed by atoms with Crippen molar-refractivity contribution in [2.45, 2.75) is 13.3 Å². The smallest absolute Gasteiger partial charge is 0.251 e. The first-order valence-electron chi connectivity index (χ1n) is 6.89. The largest absolute Gasteiger partial charge is 0.352 e. The van der Waals surface area contributed by atoms with Crippen LogP contribution in [-0.2, 0) is 13.5 Å². The van der Waals surface area contributed by atoms with E-state index in [1.807, 2.05) is 42.8 Å². The molecule has 1 amide bonds. The number of aromatic nitrogens is 2. The summed E-state index contributed by atoms with van der Waals surface area (Å²) in [4.78, 5) is 17.9. The van der Waals surface area contributed by atoms with Crippen LogP contribution in [0.5, 0.6) is 0 Å². The highest BCUT2D eigenvalue weighted by Crippen LogP contribution is 2.16. The lowest BCUT2D eigenvalue weighted by Gasteiger charge is -2.04. The summed E-state index contributed by atoms with van der Waals surface area (Å²) in [5, 5.41) is 5.01. The molecule has 108 valence electrons. The second-order valence-electron chi connectivity index (χ2n) is 5.01. The Morgan fingerprint density at radius 1 is 1.38 bits per heavy atom. The molecule has 4 nitrogen and oxygen atoms in total. The number of nitrogens with zero attached hydrogens (tertiary/aromatic N) is 2. The Kier molecular flexibility index (Phi) is 3.75. The third-order valence-corrected chi connectivity index (χ3v) is 4.54. The number of rotatable bonds is 4. The zero-order valence-corrected chi connectivity index (χ0v) is 12.9.